The largest absolute Gasteiger partial charge is 0.360 e. The first-order chi connectivity index (χ1) is 12.5. The molecule has 1 fully saturated rings. The van der Waals surface area contributed by atoms with Crippen molar-refractivity contribution in [1.82, 2.24) is 14.8 Å². The first-order valence-corrected chi connectivity index (χ1v) is 9.42. The topological polar surface area (TPSA) is 89.1 Å². The molecule has 134 valence electrons. The minimum absolute atomic E-state index is 0.0203. The van der Waals surface area contributed by atoms with Gasteiger partial charge in [0, 0.05) is 18.1 Å². The summed E-state index contributed by atoms with van der Waals surface area (Å²) < 4.78 is 0. The normalized spacial score (nSPS) is 13.8. The van der Waals surface area contributed by atoms with Gasteiger partial charge >= 0.3 is 5.91 Å². The van der Waals surface area contributed by atoms with E-state index in [0.717, 1.165) is 43.7 Å². The molecule has 9 heteroatoms. The molecule has 0 N–H and O–H groups in total. The van der Waals surface area contributed by atoms with Gasteiger partial charge in [-0.15, -0.1) is 0 Å². The molecular weight excluding hydrogens is 374 g/mol. The molecule has 0 atom stereocenters. The Kier molecular flexibility index (Phi) is 5.88. The molecule has 0 spiro atoms. The molecule has 0 bridgehead atoms. The Morgan fingerprint density at radius 3 is 2.77 bits per heavy atom. The monoisotopic (exact) mass is 390 g/mol. The highest BCUT2D eigenvalue weighted by molar-refractivity contribution is 7.17. The van der Waals surface area contributed by atoms with Gasteiger partial charge in [-0.2, -0.15) is 0 Å². The maximum atomic E-state index is 12.6. The number of aromatic nitrogens is 1. The number of halogens is 1. The Bertz CT molecular complexity index is 898. The quantitative estimate of drug-likeness (QED) is 0.581. The van der Waals surface area contributed by atoms with E-state index < -0.39 is 5.91 Å². The van der Waals surface area contributed by atoms with Crippen LogP contribution in [0.25, 0.3) is 0 Å². The molecule has 2 aromatic rings. The van der Waals surface area contributed by atoms with Crippen molar-refractivity contribution in [3.05, 3.63) is 45.4 Å². The number of amides is 2. The number of carbonyl (C=O) groups is 2. The molecule has 2 amide bonds. The maximum absolute atomic E-state index is 12.6. The fourth-order valence-corrected chi connectivity index (χ4v) is 3.69. The maximum Gasteiger partial charge on any atom is 0.360 e. The van der Waals surface area contributed by atoms with Gasteiger partial charge in [-0.25, -0.2) is 4.98 Å². The third-order valence-electron chi connectivity index (χ3n) is 3.96. The van der Waals surface area contributed by atoms with Gasteiger partial charge in [0.05, 0.1) is 11.3 Å². The van der Waals surface area contributed by atoms with Gasteiger partial charge in [0.25, 0.3) is 11.0 Å². The number of thiazole rings is 1. The van der Waals surface area contributed by atoms with Crippen molar-refractivity contribution in [3.8, 4) is 0 Å². The number of benzene rings is 1. The highest BCUT2D eigenvalue weighted by atomic mass is 35.5. The first-order valence-electron chi connectivity index (χ1n) is 8.23. The Morgan fingerprint density at radius 2 is 2.04 bits per heavy atom. The minimum atomic E-state index is -0.547. The van der Waals surface area contributed by atoms with Crippen LogP contribution in [-0.2, 0) is 0 Å². The van der Waals surface area contributed by atoms with Crippen LogP contribution in [0, 0.1) is 6.92 Å². The van der Waals surface area contributed by atoms with E-state index in [9.17, 15) is 9.59 Å². The lowest BCUT2D eigenvalue weighted by Crippen LogP contribution is -2.35. The SMILES string of the molecule is Cc1nc(N=[N+]=NC(=O)c2cccc(Cl)c2)sc1C(=O)N1CCCCC1. The van der Waals surface area contributed by atoms with Crippen LogP contribution >= 0.6 is 22.9 Å². The van der Waals surface area contributed by atoms with Crippen molar-refractivity contribution in [1.29, 1.82) is 0 Å². The van der Waals surface area contributed by atoms with Crippen LogP contribution in [0.2, 0.25) is 5.02 Å². The summed E-state index contributed by atoms with van der Waals surface area (Å²) in [6, 6.07) is 6.42. The van der Waals surface area contributed by atoms with E-state index in [2.05, 4.69) is 20.1 Å². The lowest BCUT2D eigenvalue weighted by molar-refractivity contribution is 0.0728. The van der Waals surface area contributed by atoms with Gasteiger partial charge in [0.1, 0.15) is 4.88 Å². The second-order valence-corrected chi connectivity index (χ2v) is 7.28. The molecule has 0 aliphatic carbocycles. The van der Waals surface area contributed by atoms with Gasteiger partial charge in [0.2, 0.25) is 10.0 Å². The Hall–Kier alpha value is -2.41. The molecule has 26 heavy (non-hydrogen) atoms. The Morgan fingerprint density at radius 1 is 1.27 bits per heavy atom. The fraction of sp³-hybridized carbons (Fsp3) is 0.353. The van der Waals surface area contributed by atoms with E-state index in [1.54, 1.807) is 25.1 Å². The smallest absolute Gasteiger partial charge is 0.338 e. The van der Waals surface area contributed by atoms with Crippen molar-refractivity contribution in [2.75, 3.05) is 13.1 Å². The second kappa shape index (κ2) is 8.31. The van der Waals surface area contributed by atoms with Crippen LogP contribution in [0.3, 0.4) is 0 Å². The number of rotatable bonds is 3. The molecule has 1 aliphatic rings. The average molecular weight is 391 g/mol. The molecule has 2 heterocycles. The molecule has 1 aliphatic heterocycles. The zero-order valence-electron chi connectivity index (χ0n) is 14.2. The van der Waals surface area contributed by atoms with E-state index in [4.69, 9.17) is 11.6 Å². The lowest BCUT2D eigenvalue weighted by atomic mass is 10.1. The summed E-state index contributed by atoms with van der Waals surface area (Å²) >= 11 is 7.00. The van der Waals surface area contributed by atoms with Crippen molar-refractivity contribution in [2.24, 2.45) is 10.2 Å². The molecule has 3 rings (SSSR count). The van der Waals surface area contributed by atoms with Crippen LogP contribution in [0.15, 0.2) is 34.5 Å². The van der Waals surface area contributed by atoms with Crippen molar-refractivity contribution in [2.45, 2.75) is 26.2 Å². The Balaban J connectivity index is 1.73. The minimum Gasteiger partial charge on any atom is -0.338 e. The highest BCUT2D eigenvalue weighted by Gasteiger charge is 2.23. The summed E-state index contributed by atoms with van der Waals surface area (Å²) in [7, 11) is 0. The second-order valence-electron chi connectivity index (χ2n) is 5.87. The van der Waals surface area contributed by atoms with Gasteiger partial charge in [0.15, 0.2) is 5.11 Å². The number of nitrogens with zero attached hydrogens (tertiary/aromatic N) is 5. The number of hydrogen-bond acceptors (Lipinski definition) is 5. The molecule has 7 nitrogen and oxygen atoms in total. The Labute approximate surface area is 159 Å². The molecular formula is C17H17ClN5O2S+. The zero-order chi connectivity index (χ0) is 18.5. The third kappa shape index (κ3) is 4.40. The van der Waals surface area contributed by atoms with Gasteiger partial charge in [-0.1, -0.05) is 29.0 Å². The molecule has 0 radical (unpaired) electrons. The summed E-state index contributed by atoms with van der Waals surface area (Å²) in [6.45, 7) is 3.31. The lowest BCUT2D eigenvalue weighted by Gasteiger charge is -2.26. The summed E-state index contributed by atoms with van der Waals surface area (Å²) in [5, 5.41) is 8.12. The van der Waals surface area contributed by atoms with E-state index in [0.29, 0.717) is 26.3 Å². The highest BCUT2D eigenvalue weighted by Crippen LogP contribution is 2.26. The molecule has 1 saturated heterocycles. The standard InChI is InChI=1S/C17H17ClN5O2S/c1-11-14(16(25)23-8-3-2-4-9-23)26-17(19-11)21-22-20-15(24)12-6-5-7-13(18)10-12/h5-7,10H,2-4,8-9H2,1H3/q+1. The first kappa shape index (κ1) is 18.4. The zero-order valence-corrected chi connectivity index (χ0v) is 15.8. The van der Waals surface area contributed by atoms with Crippen LogP contribution in [0.5, 0.6) is 0 Å². The van der Waals surface area contributed by atoms with E-state index in [1.165, 1.54) is 6.07 Å². The summed E-state index contributed by atoms with van der Waals surface area (Å²) in [5.74, 6) is -0.567. The molecule has 0 saturated carbocycles. The predicted octanol–water partition coefficient (Wildman–Crippen LogP) is 4.17. The van der Waals surface area contributed by atoms with Crippen LogP contribution in [0.4, 0.5) is 5.13 Å². The number of hydrogen-bond donors (Lipinski definition) is 0. The van der Waals surface area contributed by atoms with Gasteiger partial charge in [-0.3, -0.25) is 9.59 Å². The number of carbonyl (C=O) groups excluding carboxylic acids is 2. The van der Waals surface area contributed by atoms with Gasteiger partial charge < -0.3 is 4.90 Å². The van der Waals surface area contributed by atoms with Crippen molar-refractivity contribution >= 4 is 39.9 Å². The molecule has 1 aromatic heterocycles. The average Bonchev–Trinajstić information content (AvgIpc) is 3.02. The van der Waals surface area contributed by atoms with E-state index in [-0.39, 0.29) is 5.91 Å². The van der Waals surface area contributed by atoms with Gasteiger partial charge in [-0.05, 0) is 44.4 Å². The number of piperidine rings is 1. The summed E-state index contributed by atoms with van der Waals surface area (Å²) in [4.78, 5) is 34.7. The summed E-state index contributed by atoms with van der Waals surface area (Å²) in [6.07, 6.45) is 3.22. The number of likely N-dealkylation sites (tertiary alicyclic amines) is 1. The molecule has 1 aromatic carbocycles. The third-order valence-corrected chi connectivity index (χ3v) is 5.22. The molecule has 0 unspecified atom stereocenters. The van der Waals surface area contributed by atoms with Crippen molar-refractivity contribution < 1.29 is 9.59 Å². The number of aryl methyl sites for hydroxylation is 1. The van der Waals surface area contributed by atoms with Crippen LogP contribution in [-0.4, -0.2) is 34.8 Å². The van der Waals surface area contributed by atoms with Crippen molar-refractivity contribution in [3.63, 3.8) is 0 Å². The predicted molar refractivity (Wildman–Crippen MR) is 99.0 cm³/mol. The van der Waals surface area contributed by atoms with E-state index in [1.807, 2.05) is 4.90 Å². The van der Waals surface area contributed by atoms with E-state index >= 15 is 0 Å². The van der Waals surface area contributed by atoms with Crippen LogP contribution < -0.4 is 4.91 Å². The fourth-order valence-electron chi connectivity index (χ4n) is 2.64. The van der Waals surface area contributed by atoms with Crippen LogP contribution in [0.1, 0.15) is 45.0 Å². The summed E-state index contributed by atoms with van der Waals surface area (Å²) in [5.41, 5.74) is 0.938.